The normalized spacial score (nSPS) is 13.0. The molecule has 0 aliphatic carbocycles. The van der Waals surface area contributed by atoms with Crippen molar-refractivity contribution in [1.29, 1.82) is 0 Å². The predicted molar refractivity (Wildman–Crippen MR) is 38.7 cm³/mol. The summed E-state index contributed by atoms with van der Waals surface area (Å²) in [5.74, 6) is 0.193. The van der Waals surface area contributed by atoms with E-state index in [1.807, 2.05) is 0 Å². The Morgan fingerprint density at radius 2 is 2.10 bits per heavy atom. The van der Waals surface area contributed by atoms with E-state index in [1.165, 1.54) is 0 Å². The zero-order chi connectivity index (χ0) is 7.56. The number of aliphatic hydroxyl groups excluding tert-OH is 1. The molecule has 0 unspecified atom stereocenters. The lowest BCUT2D eigenvalue weighted by Crippen LogP contribution is -1.88. The van der Waals surface area contributed by atoms with Gasteiger partial charge in [-0.05, 0) is 24.6 Å². The van der Waals surface area contributed by atoms with E-state index in [4.69, 9.17) is 10.2 Å². The smallest absolute Gasteiger partial charge is 0.115 e. The molecule has 1 rings (SSSR count). The number of rotatable bonds is 1. The Labute approximate surface area is 59.7 Å². The highest BCUT2D eigenvalue weighted by Crippen LogP contribution is 2.16. The highest BCUT2D eigenvalue weighted by molar-refractivity contribution is 5.28. The Balaban J connectivity index is 2.96. The zero-order valence-corrected chi connectivity index (χ0v) is 5.78. The van der Waals surface area contributed by atoms with Crippen LogP contribution in [-0.4, -0.2) is 10.2 Å². The molecule has 0 amide bonds. The third-order valence-corrected chi connectivity index (χ3v) is 1.35. The third-order valence-electron chi connectivity index (χ3n) is 1.35. The van der Waals surface area contributed by atoms with E-state index in [0.717, 1.165) is 5.56 Å². The van der Waals surface area contributed by atoms with Crippen LogP contribution in [0.1, 0.15) is 18.6 Å². The van der Waals surface area contributed by atoms with E-state index >= 15 is 0 Å². The molecule has 0 bridgehead atoms. The Hall–Kier alpha value is -1.02. The maximum Gasteiger partial charge on any atom is 0.115 e. The summed E-state index contributed by atoms with van der Waals surface area (Å²) in [4.78, 5) is 0. The fourth-order valence-corrected chi connectivity index (χ4v) is 0.785. The van der Waals surface area contributed by atoms with Crippen LogP contribution in [0.25, 0.3) is 0 Å². The van der Waals surface area contributed by atoms with Crippen LogP contribution in [0.4, 0.5) is 0 Å². The van der Waals surface area contributed by atoms with Gasteiger partial charge in [0.1, 0.15) is 5.75 Å². The first-order chi connectivity index (χ1) is 4.70. The molecule has 2 heteroatoms. The minimum atomic E-state index is -0.507. The monoisotopic (exact) mass is 138 g/mol. The van der Waals surface area contributed by atoms with Crippen LogP contribution >= 0.6 is 0 Å². The minimum absolute atomic E-state index is 0.193. The van der Waals surface area contributed by atoms with Gasteiger partial charge in [-0.3, -0.25) is 0 Å². The summed E-state index contributed by atoms with van der Waals surface area (Å²) in [6.07, 6.45) is -0.507. The van der Waals surface area contributed by atoms with Gasteiger partial charge in [-0.15, -0.1) is 0 Å². The molecule has 0 heterocycles. The van der Waals surface area contributed by atoms with E-state index in [1.54, 1.807) is 31.2 Å². The van der Waals surface area contributed by atoms with Crippen LogP contribution in [0.2, 0.25) is 0 Å². The maximum atomic E-state index is 9.04. The van der Waals surface area contributed by atoms with Crippen molar-refractivity contribution in [2.75, 3.05) is 0 Å². The van der Waals surface area contributed by atoms with E-state index in [2.05, 4.69) is 0 Å². The SMILES string of the molecule is C[C@H](O)c1cccc(O)c1. The van der Waals surface area contributed by atoms with Gasteiger partial charge < -0.3 is 10.2 Å². The molecular weight excluding hydrogens is 128 g/mol. The van der Waals surface area contributed by atoms with Gasteiger partial charge >= 0.3 is 0 Å². The van der Waals surface area contributed by atoms with Crippen LogP contribution < -0.4 is 0 Å². The quantitative estimate of drug-likeness (QED) is 0.616. The average molecular weight is 138 g/mol. The highest BCUT2D eigenvalue weighted by atomic mass is 16.3. The molecule has 54 valence electrons. The largest absolute Gasteiger partial charge is 0.508 e. The molecule has 0 saturated heterocycles. The summed E-state index contributed by atoms with van der Waals surface area (Å²) in [6, 6.07) is 6.60. The van der Waals surface area contributed by atoms with Crippen LogP contribution in [0.15, 0.2) is 24.3 Å². The van der Waals surface area contributed by atoms with Gasteiger partial charge in [0.25, 0.3) is 0 Å². The second-order valence-electron chi connectivity index (χ2n) is 2.27. The first kappa shape index (κ1) is 7.09. The predicted octanol–water partition coefficient (Wildman–Crippen LogP) is 1.45. The van der Waals surface area contributed by atoms with Gasteiger partial charge in [-0.25, -0.2) is 0 Å². The topological polar surface area (TPSA) is 40.5 Å². The van der Waals surface area contributed by atoms with Crippen molar-refractivity contribution in [3.05, 3.63) is 29.8 Å². The van der Waals surface area contributed by atoms with Crippen LogP contribution in [0, 0.1) is 0 Å². The summed E-state index contributed by atoms with van der Waals surface area (Å²) in [5, 5.41) is 18.0. The van der Waals surface area contributed by atoms with E-state index in [0.29, 0.717) is 0 Å². The molecule has 1 aromatic rings. The van der Waals surface area contributed by atoms with Crippen molar-refractivity contribution >= 4 is 0 Å². The molecule has 0 radical (unpaired) electrons. The van der Waals surface area contributed by atoms with Crippen LogP contribution in [-0.2, 0) is 0 Å². The molecule has 0 fully saturated rings. The third kappa shape index (κ3) is 1.48. The molecule has 2 N–H and O–H groups in total. The maximum absolute atomic E-state index is 9.04. The molecule has 0 saturated carbocycles. The second kappa shape index (κ2) is 2.71. The minimum Gasteiger partial charge on any atom is -0.508 e. The number of benzene rings is 1. The molecule has 0 aromatic heterocycles. The lowest BCUT2D eigenvalue weighted by atomic mass is 10.1. The Kier molecular flexibility index (Phi) is 1.92. The summed E-state index contributed by atoms with van der Waals surface area (Å²) >= 11 is 0. The Morgan fingerprint density at radius 1 is 1.40 bits per heavy atom. The van der Waals surface area contributed by atoms with Gasteiger partial charge in [0.15, 0.2) is 0 Å². The van der Waals surface area contributed by atoms with Crippen molar-refractivity contribution in [1.82, 2.24) is 0 Å². The van der Waals surface area contributed by atoms with Gasteiger partial charge in [0.05, 0.1) is 6.10 Å². The zero-order valence-electron chi connectivity index (χ0n) is 5.78. The first-order valence-electron chi connectivity index (χ1n) is 3.17. The van der Waals surface area contributed by atoms with E-state index < -0.39 is 6.10 Å². The highest BCUT2D eigenvalue weighted by Gasteiger charge is 1.98. The van der Waals surface area contributed by atoms with Crippen LogP contribution in [0.5, 0.6) is 5.75 Å². The molecule has 10 heavy (non-hydrogen) atoms. The fraction of sp³-hybridized carbons (Fsp3) is 0.250. The Bertz CT molecular complexity index is 218. The van der Waals surface area contributed by atoms with E-state index in [-0.39, 0.29) is 5.75 Å². The van der Waals surface area contributed by atoms with E-state index in [9.17, 15) is 0 Å². The second-order valence-corrected chi connectivity index (χ2v) is 2.27. The number of phenolic OH excluding ortho intramolecular Hbond substituents is 1. The summed E-state index contributed by atoms with van der Waals surface area (Å²) in [5.41, 5.74) is 0.736. The molecule has 1 atom stereocenters. The molecule has 0 spiro atoms. The Morgan fingerprint density at radius 3 is 2.50 bits per heavy atom. The average Bonchev–Trinajstić information content (AvgIpc) is 1.88. The van der Waals surface area contributed by atoms with Crippen molar-refractivity contribution in [2.45, 2.75) is 13.0 Å². The van der Waals surface area contributed by atoms with Crippen LogP contribution in [0.3, 0.4) is 0 Å². The summed E-state index contributed by atoms with van der Waals surface area (Å²) < 4.78 is 0. The van der Waals surface area contributed by atoms with Gasteiger partial charge in [-0.1, -0.05) is 12.1 Å². The number of hydrogen-bond acceptors (Lipinski definition) is 2. The number of hydrogen-bond donors (Lipinski definition) is 2. The standard InChI is InChI=1S/C8H10O2/c1-6(9)7-3-2-4-8(10)5-7/h2-6,9-10H,1H3/t6-/m0/s1. The number of phenols is 1. The lowest BCUT2D eigenvalue weighted by molar-refractivity contribution is 0.199. The molecule has 0 aliphatic rings. The van der Waals surface area contributed by atoms with Crippen molar-refractivity contribution < 1.29 is 10.2 Å². The molecule has 1 aromatic carbocycles. The van der Waals surface area contributed by atoms with Gasteiger partial charge in [0, 0.05) is 0 Å². The lowest BCUT2D eigenvalue weighted by Gasteiger charge is -2.02. The molecular formula is C8H10O2. The summed E-state index contributed by atoms with van der Waals surface area (Å²) in [6.45, 7) is 1.66. The van der Waals surface area contributed by atoms with Crippen molar-refractivity contribution in [3.63, 3.8) is 0 Å². The fourth-order valence-electron chi connectivity index (χ4n) is 0.785. The molecule has 0 aliphatic heterocycles. The van der Waals surface area contributed by atoms with Gasteiger partial charge in [0.2, 0.25) is 0 Å². The molecule has 2 nitrogen and oxygen atoms in total. The van der Waals surface area contributed by atoms with Crippen molar-refractivity contribution in [3.8, 4) is 5.75 Å². The summed E-state index contributed by atoms with van der Waals surface area (Å²) in [7, 11) is 0. The first-order valence-corrected chi connectivity index (χ1v) is 3.17. The number of aliphatic hydroxyl groups is 1. The van der Waals surface area contributed by atoms with Gasteiger partial charge in [-0.2, -0.15) is 0 Å². The number of aromatic hydroxyl groups is 1. The van der Waals surface area contributed by atoms with Crippen molar-refractivity contribution in [2.24, 2.45) is 0 Å².